The number of aliphatic imine (C=N–C) groups is 1. The number of hydrogen-bond donors (Lipinski definition) is 2. The van der Waals surface area contributed by atoms with Crippen molar-refractivity contribution in [2.75, 3.05) is 53.6 Å². The van der Waals surface area contributed by atoms with Crippen molar-refractivity contribution in [3.63, 3.8) is 0 Å². The van der Waals surface area contributed by atoms with Crippen molar-refractivity contribution < 1.29 is 9.47 Å². The Labute approximate surface area is 199 Å². The molecule has 0 radical (unpaired) electrons. The number of halogens is 1. The average Bonchev–Trinajstić information content (AvgIpc) is 3.31. The lowest BCUT2D eigenvalue weighted by molar-refractivity contribution is 0.128. The van der Waals surface area contributed by atoms with Crippen LogP contribution in [0, 0.1) is 5.41 Å². The molecule has 1 unspecified atom stereocenters. The Morgan fingerprint density at radius 1 is 1.20 bits per heavy atom. The molecule has 1 heterocycles. The molecule has 0 spiro atoms. The van der Waals surface area contributed by atoms with Gasteiger partial charge in [0.1, 0.15) is 5.75 Å². The lowest BCUT2D eigenvalue weighted by Crippen LogP contribution is -2.44. The Bertz CT molecular complexity index is 660. The summed E-state index contributed by atoms with van der Waals surface area (Å²) in [6, 6.07) is 8.66. The molecule has 6 nitrogen and oxygen atoms in total. The third-order valence-electron chi connectivity index (χ3n) is 6.33. The maximum Gasteiger partial charge on any atom is 0.191 e. The molecule has 1 aliphatic carbocycles. The highest BCUT2D eigenvalue weighted by Gasteiger charge is 2.42. The van der Waals surface area contributed by atoms with Gasteiger partial charge in [0.25, 0.3) is 0 Å². The first kappa shape index (κ1) is 25.2. The molecule has 2 aliphatic rings. The van der Waals surface area contributed by atoms with Gasteiger partial charge >= 0.3 is 0 Å². The Balaban J connectivity index is 0.00000320. The SMILES string of the molecule is CCOCCC1(CNC(=NC)NCC(c2ccccc2OC)N2CCCC2)CC1.I. The molecular formula is C23H39IN4O2. The fourth-order valence-electron chi connectivity index (χ4n) is 4.24. The number of ether oxygens (including phenoxy) is 2. The fourth-order valence-corrected chi connectivity index (χ4v) is 4.24. The van der Waals surface area contributed by atoms with Gasteiger partial charge in [0.15, 0.2) is 5.96 Å². The van der Waals surface area contributed by atoms with Gasteiger partial charge in [0.05, 0.1) is 13.2 Å². The van der Waals surface area contributed by atoms with Crippen molar-refractivity contribution in [1.29, 1.82) is 0 Å². The summed E-state index contributed by atoms with van der Waals surface area (Å²) in [5.41, 5.74) is 1.64. The number of methoxy groups -OCH3 is 1. The van der Waals surface area contributed by atoms with E-state index in [1.54, 1.807) is 7.11 Å². The van der Waals surface area contributed by atoms with Crippen molar-refractivity contribution in [2.24, 2.45) is 10.4 Å². The second kappa shape index (κ2) is 12.7. The van der Waals surface area contributed by atoms with Crippen LogP contribution in [0.3, 0.4) is 0 Å². The molecule has 1 atom stereocenters. The van der Waals surface area contributed by atoms with E-state index >= 15 is 0 Å². The summed E-state index contributed by atoms with van der Waals surface area (Å²) in [5.74, 6) is 1.84. The summed E-state index contributed by atoms with van der Waals surface area (Å²) in [4.78, 5) is 7.02. The summed E-state index contributed by atoms with van der Waals surface area (Å²) < 4.78 is 11.2. The van der Waals surface area contributed by atoms with E-state index < -0.39 is 0 Å². The Morgan fingerprint density at radius 3 is 2.57 bits per heavy atom. The van der Waals surface area contributed by atoms with E-state index in [1.807, 2.05) is 13.1 Å². The van der Waals surface area contributed by atoms with E-state index in [-0.39, 0.29) is 30.0 Å². The summed E-state index contributed by atoms with van der Waals surface area (Å²) >= 11 is 0. The quantitative estimate of drug-likeness (QED) is 0.197. The van der Waals surface area contributed by atoms with E-state index in [2.05, 4.69) is 45.6 Å². The highest BCUT2D eigenvalue weighted by atomic mass is 127. The Morgan fingerprint density at radius 2 is 1.93 bits per heavy atom. The van der Waals surface area contributed by atoms with E-state index in [0.717, 1.165) is 57.5 Å². The number of hydrogen-bond acceptors (Lipinski definition) is 4. The lowest BCUT2D eigenvalue weighted by atomic mass is 10.0. The van der Waals surface area contributed by atoms with Gasteiger partial charge in [0.2, 0.25) is 0 Å². The van der Waals surface area contributed by atoms with Gasteiger partial charge in [-0.2, -0.15) is 0 Å². The molecule has 0 bridgehead atoms. The second-order valence-electron chi connectivity index (χ2n) is 8.25. The first-order valence-corrected chi connectivity index (χ1v) is 11.1. The van der Waals surface area contributed by atoms with Crippen molar-refractivity contribution in [3.05, 3.63) is 29.8 Å². The highest BCUT2D eigenvalue weighted by molar-refractivity contribution is 14.0. The maximum absolute atomic E-state index is 5.65. The molecular weight excluding hydrogens is 491 g/mol. The molecule has 30 heavy (non-hydrogen) atoms. The van der Waals surface area contributed by atoms with Crippen LogP contribution in [0.5, 0.6) is 5.75 Å². The first-order valence-electron chi connectivity index (χ1n) is 11.1. The van der Waals surface area contributed by atoms with Gasteiger partial charge in [-0.3, -0.25) is 9.89 Å². The topological polar surface area (TPSA) is 58.1 Å². The third kappa shape index (κ3) is 6.99. The minimum Gasteiger partial charge on any atom is -0.496 e. The number of likely N-dealkylation sites (tertiary alicyclic amines) is 1. The number of rotatable bonds is 11. The van der Waals surface area contributed by atoms with E-state index in [0.29, 0.717) is 5.41 Å². The summed E-state index contributed by atoms with van der Waals surface area (Å²) in [6.07, 6.45) is 6.22. The number of para-hydroxylation sites is 1. The first-order chi connectivity index (χ1) is 14.2. The maximum atomic E-state index is 5.65. The van der Waals surface area contributed by atoms with Crippen LogP contribution in [-0.4, -0.2) is 64.4 Å². The van der Waals surface area contributed by atoms with Gasteiger partial charge in [-0.1, -0.05) is 18.2 Å². The lowest BCUT2D eigenvalue weighted by Gasteiger charge is -2.30. The van der Waals surface area contributed by atoms with E-state index in [4.69, 9.17) is 9.47 Å². The molecule has 1 aliphatic heterocycles. The molecule has 1 aromatic carbocycles. The van der Waals surface area contributed by atoms with Gasteiger partial charge in [0, 0.05) is 38.9 Å². The van der Waals surface area contributed by atoms with Gasteiger partial charge in [-0.05, 0) is 63.6 Å². The number of nitrogens with one attached hydrogen (secondary N) is 2. The molecule has 3 rings (SSSR count). The van der Waals surface area contributed by atoms with Crippen LogP contribution < -0.4 is 15.4 Å². The smallest absolute Gasteiger partial charge is 0.191 e. The van der Waals surface area contributed by atoms with Crippen LogP contribution in [0.1, 0.15) is 50.6 Å². The predicted molar refractivity (Wildman–Crippen MR) is 134 cm³/mol. The van der Waals surface area contributed by atoms with Crippen LogP contribution in [0.25, 0.3) is 0 Å². The molecule has 2 N–H and O–H groups in total. The largest absolute Gasteiger partial charge is 0.496 e. The third-order valence-corrected chi connectivity index (χ3v) is 6.33. The molecule has 1 saturated heterocycles. The normalized spacial score (nSPS) is 19.1. The van der Waals surface area contributed by atoms with Crippen molar-refractivity contribution in [2.45, 2.75) is 45.1 Å². The summed E-state index contributed by atoms with van der Waals surface area (Å²) in [6.45, 7) is 7.76. The van der Waals surface area contributed by atoms with Crippen LogP contribution in [0.2, 0.25) is 0 Å². The Hall–Kier alpha value is -1.06. The van der Waals surface area contributed by atoms with Crippen molar-refractivity contribution in [3.8, 4) is 5.75 Å². The number of guanidine groups is 1. The van der Waals surface area contributed by atoms with Gasteiger partial charge < -0.3 is 20.1 Å². The molecule has 0 aromatic heterocycles. The van der Waals surface area contributed by atoms with E-state index in [9.17, 15) is 0 Å². The average molecular weight is 530 g/mol. The Kier molecular flexibility index (Phi) is 10.7. The van der Waals surface area contributed by atoms with Gasteiger partial charge in [-0.25, -0.2) is 0 Å². The molecule has 1 aromatic rings. The summed E-state index contributed by atoms with van der Waals surface area (Å²) in [5, 5.41) is 7.13. The highest BCUT2D eigenvalue weighted by Crippen LogP contribution is 2.48. The van der Waals surface area contributed by atoms with E-state index in [1.165, 1.54) is 31.2 Å². The minimum absolute atomic E-state index is 0. The number of benzene rings is 1. The molecule has 170 valence electrons. The molecule has 0 amide bonds. The molecule has 1 saturated carbocycles. The number of nitrogens with zero attached hydrogens (tertiary/aromatic N) is 2. The monoisotopic (exact) mass is 530 g/mol. The summed E-state index contributed by atoms with van der Waals surface area (Å²) in [7, 11) is 3.61. The second-order valence-corrected chi connectivity index (χ2v) is 8.25. The van der Waals surface area contributed by atoms with Crippen LogP contribution >= 0.6 is 24.0 Å². The minimum atomic E-state index is 0. The fraction of sp³-hybridized carbons (Fsp3) is 0.696. The predicted octanol–water partition coefficient (Wildman–Crippen LogP) is 3.82. The zero-order valence-corrected chi connectivity index (χ0v) is 21.1. The van der Waals surface area contributed by atoms with Crippen molar-refractivity contribution in [1.82, 2.24) is 15.5 Å². The van der Waals surface area contributed by atoms with Crippen LogP contribution in [0.4, 0.5) is 0 Å². The zero-order valence-electron chi connectivity index (χ0n) is 18.8. The molecule has 7 heteroatoms. The standard InChI is InChI=1S/C23H38N4O2.HI/c1-4-29-16-13-23(11-12-23)18-26-22(24-2)25-17-20(27-14-7-8-15-27)19-9-5-6-10-21(19)28-3;/h5-6,9-10,20H,4,7-8,11-18H2,1-3H3,(H2,24,25,26);1H. The van der Waals surface area contributed by atoms with Crippen molar-refractivity contribution >= 4 is 29.9 Å². The van der Waals surface area contributed by atoms with Gasteiger partial charge in [-0.15, -0.1) is 24.0 Å². The van der Waals surface area contributed by atoms with Crippen LogP contribution in [-0.2, 0) is 4.74 Å². The zero-order chi connectivity index (χ0) is 20.5. The molecule has 2 fully saturated rings. The van der Waals surface area contributed by atoms with Crippen LogP contribution in [0.15, 0.2) is 29.3 Å².